The van der Waals surface area contributed by atoms with Crippen LogP contribution in [-0.4, -0.2) is 42.2 Å². The average Bonchev–Trinajstić information content (AvgIpc) is 3.32. The predicted molar refractivity (Wildman–Crippen MR) is 122 cm³/mol. The van der Waals surface area contributed by atoms with Crippen molar-refractivity contribution in [3.8, 4) is 0 Å². The molecule has 0 spiro atoms. The number of amides is 1. The van der Waals surface area contributed by atoms with Gasteiger partial charge in [-0.1, -0.05) is 11.3 Å². The van der Waals surface area contributed by atoms with Crippen molar-refractivity contribution in [2.75, 3.05) is 7.11 Å². The fourth-order valence-corrected chi connectivity index (χ4v) is 4.68. The van der Waals surface area contributed by atoms with Gasteiger partial charge in [-0.05, 0) is 37.1 Å². The minimum atomic E-state index is -0.549. The first-order valence-electron chi connectivity index (χ1n) is 9.98. The Balaban J connectivity index is 1.82. The van der Waals surface area contributed by atoms with E-state index in [9.17, 15) is 19.2 Å². The summed E-state index contributed by atoms with van der Waals surface area (Å²) in [5, 5.41) is 0. The molecule has 1 aromatic carbocycles. The lowest BCUT2D eigenvalue weighted by atomic mass is 10.1. The quantitative estimate of drug-likeness (QED) is 0.397. The van der Waals surface area contributed by atoms with Crippen LogP contribution in [0.2, 0.25) is 0 Å². The molecule has 12 heteroatoms. The van der Waals surface area contributed by atoms with Gasteiger partial charge in [0.15, 0.2) is 16.0 Å². The minimum Gasteiger partial charge on any atom is -0.468 e. The highest BCUT2D eigenvalue weighted by Crippen LogP contribution is 2.22. The lowest BCUT2D eigenvalue weighted by molar-refractivity contribution is -0.141. The van der Waals surface area contributed by atoms with Gasteiger partial charge in [0.25, 0.3) is 11.5 Å². The Labute approximate surface area is 190 Å². The molecule has 0 atom stereocenters. The van der Waals surface area contributed by atoms with E-state index in [0.29, 0.717) is 4.80 Å². The van der Waals surface area contributed by atoms with Gasteiger partial charge in [-0.15, -0.1) is 0 Å². The summed E-state index contributed by atoms with van der Waals surface area (Å²) in [4.78, 5) is 58.3. The summed E-state index contributed by atoms with van der Waals surface area (Å²) in [7, 11) is 4.17. The summed E-state index contributed by atoms with van der Waals surface area (Å²) in [6.07, 6.45) is 1.33. The topological polar surface area (TPSA) is 122 Å². The third-order valence-corrected chi connectivity index (χ3v) is 6.60. The first-order valence-corrected chi connectivity index (χ1v) is 10.8. The molecule has 0 aliphatic heterocycles. The van der Waals surface area contributed by atoms with E-state index in [1.807, 2.05) is 26.0 Å². The van der Waals surface area contributed by atoms with Crippen LogP contribution in [0.1, 0.15) is 11.1 Å². The minimum absolute atomic E-state index is 0.0955. The number of nitrogens with zero attached hydrogens (tertiary/aromatic N) is 6. The number of hydrogen-bond acceptors (Lipinski definition) is 7. The molecular weight excluding hydrogens is 448 g/mol. The molecule has 11 nitrogen and oxygen atoms in total. The van der Waals surface area contributed by atoms with Gasteiger partial charge < -0.3 is 13.9 Å². The van der Waals surface area contributed by atoms with Crippen molar-refractivity contribution in [3.05, 3.63) is 55.2 Å². The van der Waals surface area contributed by atoms with Crippen molar-refractivity contribution in [1.29, 1.82) is 0 Å². The maximum Gasteiger partial charge on any atom is 0.332 e. The average molecular weight is 471 g/mol. The lowest BCUT2D eigenvalue weighted by Gasteiger charge is -2.06. The Morgan fingerprint density at radius 3 is 2.48 bits per heavy atom. The molecule has 0 fully saturated rings. The predicted octanol–water partition coefficient (Wildman–Crippen LogP) is 0.367. The summed E-state index contributed by atoms with van der Waals surface area (Å²) in [6.45, 7) is 3.60. The number of methoxy groups -OCH3 is 1. The van der Waals surface area contributed by atoms with Gasteiger partial charge >= 0.3 is 11.7 Å². The third-order valence-electron chi connectivity index (χ3n) is 5.56. The Kier molecular flexibility index (Phi) is 5.62. The monoisotopic (exact) mass is 470 g/mol. The molecule has 0 N–H and O–H groups in total. The number of esters is 1. The van der Waals surface area contributed by atoms with E-state index in [4.69, 9.17) is 4.74 Å². The molecule has 0 aliphatic rings. The summed E-state index contributed by atoms with van der Waals surface area (Å²) >= 11 is 1.29. The van der Waals surface area contributed by atoms with Crippen molar-refractivity contribution in [3.63, 3.8) is 0 Å². The van der Waals surface area contributed by atoms with E-state index in [1.165, 1.54) is 48.0 Å². The van der Waals surface area contributed by atoms with E-state index in [-0.39, 0.29) is 24.3 Å². The smallest absolute Gasteiger partial charge is 0.332 e. The third kappa shape index (κ3) is 3.82. The molecule has 0 unspecified atom stereocenters. The Bertz CT molecular complexity index is 1630. The fraction of sp³-hybridized carbons (Fsp3) is 0.333. The molecule has 3 aromatic heterocycles. The first-order chi connectivity index (χ1) is 15.6. The van der Waals surface area contributed by atoms with Gasteiger partial charge in [0, 0.05) is 14.1 Å². The number of aromatic nitrogens is 5. The van der Waals surface area contributed by atoms with Crippen molar-refractivity contribution >= 4 is 44.6 Å². The molecule has 172 valence electrons. The first kappa shape index (κ1) is 22.4. The zero-order chi connectivity index (χ0) is 24.0. The van der Waals surface area contributed by atoms with Gasteiger partial charge in [-0.25, -0.2) is 9.78 Å². The van der Waals surface area contributed by atoms with E-state index in [2.05, 4.69) is 9.98 Å². The van der Waals surface area contributed by atoms with Gasteiger partial charge in [0.05, 0.1) is 23.7 Å². The zero-order valence-electron chi connectivity index (χ0n) is 18.8. The van der Waals surface area contributed by atoms with Crippen LogP contribution in [-0.2, 0) is 41.5 Å². The van der Waals surface area contributed by atoms with Crippen molar-refractivity contribution in [2.24, 2.45) is 19.1 Å². The fourth-order valence-electron chi connectivity index (χ4n) is 3.56. The van der Waals surface area contributed by atoms with Gasteiger partial charge in [-0.2, -0.15) is 4.99 Å². The number of rotatable bonds is 4. The van der Waals surface area contributed by atoms with Gasteiger partial charge in [-0.3, -0.25) is 23.5 Å². The van der Waals surface area contributed by atoms with Gasteiger partial charge in [0.2, 0.25) is 0 Å². The standard InChI is InChI=1S/C21H22N6O5S/c1-11-6-13-14(7-12(11)2)33-20(27(13)9-16(29)32-5)23-15(28)8-26-10-22-18-17(26)19(30)25(4)21(31)24(18)3/h6-7,10H,8-9H2,1-5H3. The molecule has 3 heterocycles. The summed E-state index contributed by atoms with van der Waals surface area (Å²) in [6, 6.07) is 3.93. The highest BCUT2D eigenvalue weighted by molar-refractivity contribution is 7.16. The maximum absolute atomic E-state index is 12.9. The molecule has 0 radical (unpaired) electrons. The van der Waals surface area contributed by atoms with E-state index in [0.717, 1.165) is 25.9 Å². The second-order valence-electron chi connectivity index (χ2n) is 7.71. The summed E-state index contributed by atoms with van der Waals surface area (Å²) in [5.41, 5.74) is 2.16. The molecule has 33 heavy (non-hydrogen) atoms. The van der Waals surface area contributed by atoms with E-state index < -0.39 is 23.1 Å². The van der Waals surface area contributed by atoms with Crippen molar-refractivity contribution < 1.29 is 14.3 Å². The number of carbonyl (C=O) groups excluding carboxylic acids is 2. The summed E-state index contributed by atoms with van der Waals surface area (Å²) in [5.74, 6) is -1.00. The second-order valence-corrected chi connectivity index (χ2v) is 8.72. The highest BCUT2D eigenvalue weighted by atomic mass is 32.1. The zero-order valence-corrected chi connectivity index (χ0v) is 19.6. The molecule has 0 bridgehead atoms. The largest absolute Gasteiger partial charge is 0.468 e. The molecule has 4 aromatic rings. The molecule has 0 saturated heterocycles. The van der Waals surface area contributed by atoms with Crippen LogP contribution >= 0.6 is 11.3 Å². The number of fused-ring (bicyclic) bond motifs is 2. The van der Waals surface area contributed by atoms with Crippen LogP contribution in [0.25, 0.3) is 21.4 Å². The SMILES string of the molecule is COC(=O)Cn1c(=NC(=O)Cn2cnc3c2c(=O)n(C)c(=O)n3C)sc2cc(C)c(C)cc21. The van der Waals surface area contributed by atoms with Crippen LogP contribution in [0.5, 0.6) is 0 Å². The number of benzene rings is 1. The number of hydrogen-bond donors (Lipinski definition) is 0. The maximum atomic E-state index is 12.9. The Morgan fingerprint density at radius 1 is 1.09 bits per heavy atom. The van der Waals surface area contributed by atoms with Crippen LogP contribution < -0.4 is 16.1 Å². The van der Waals surface area contributed by atoms with Crippen LogP contribution in [0, 0.1) is 13.8 Å². The highest BCUT2D eigenvalue weighted by Gasteiger charge is 2.17. The van der Waals surface area contributed by atoms with E-state index >= 15 is 0 Å². The second kappa shape index (κ2) is 8.28. The normalized spacial score (nSPS) is 12.1. The molecular formula is C21H22N6O5S. The number of carbonyl (C=O) groups is 2. The number of imidazole rings is 1. The Morgan fingerprint density at radius 2 is 1.79 bits per heavy atom. The lowest BCUT2D eigenvalue weighted by Crippen LogP contribution is -2.37. The van der Waals surface area contributed by atoms with E-state index in [1.54, 1.807) is 4.57 Å². The van der Waals surface area contributed by atoms with Gasteiger partial charge in [0.1, 0.15) is 13.1 Å². The van der Waals surface area contributed by atoms with Crippen molar-refractivity contribution in [2.45, 2.75) is 26.9 Å². The number of aryl methyl sites for hydroxylation is 3. The van der Waals surface area contributed by atoms with Crippen LogP contribution in [0.15, 0.2) is 33.0 Å². The van der Waals surface area contributed by atoms with Crippen LogP contribution in [0.4, 0.5) is 0 Å². The van der Waals surface area contributed by atoms with Crippen molar-refractivity contribution in [1.82, 2.24) is 23.3 Å². The molecule has 1 amide bonds. The molecule has 0 aliphatic carbocycles. The summed E-state index contributed by atoms with van der Waals surface area (Å²) < 4.78 is 10.9. The Hall–Kier alpha value is -3.80. The molecule has 4 rings (SSSR count). The number of ether oxygens (including phenoxy) is 1. The molecule has 0 saturated carbocycles. The van der Waals surface area contributed by atoms with Crippen LogP contribution in [0.3, 0.4) is 0 Å². The number of thiazole rings is 1.